The van der Waals surface area contributed by atoms with E-state index in [1.807, 2.05) is 11.8 Å². The number of nitrogens with zero attached hydrogens (tertiary/aromatic N) is 1. The molecule has 1 fully saturated rings. The Morgan fingerprint density at radius 1 is 1.56 bits per heavy atom. The van der Waals surface area contributed by atoms with Gasteiger partial charge in [0.1, 0.15) is 5.82 Å². The molecular formula is C11H14BrFN2S. The van der Waals surface area contributed by atoms with Crippen LogP contribution in [0.15, 0.2) is 16.6 Å². The van der Waals surface area contributed by atoms with E-state index in [4.69, 9.17) is 5.73 Å². The smallest absolute Gasteiger partial charge is 0.139 e. The first-order chi connectivity index (χ1) is 7.59. The normalized spacial score (nSPS) is 21.2. The van der Waals surface area contributed by atoms with Crippen LogP contribution in [0, 0.1) is 5.82 Å². The van der Waals surface area contributed by atoms with E-state index in [2.05, 4.69) is 27.8 Å². The summed E-state index contributed by atoms with van der Waals surface area (Å²) in [6.45, 7) is 3.07. The highest BCUT2D eigenvalue weighted by Crippen LogP contribution is 2.32. The zero-order valence-corrected chi connectivity index (χ0v) is 11.4. The van der Waals surface area contributed by atoms with Crippen molar-refractivity contribution in [2.24, 2.45) is 0 Å². The van der Waals surface area contributed by atoms with Gasteiger partial charge in [0.05, 0.1) is 15.8 Å². The third kappa shape index (κ3) is 2.30. The Hall–Kier alpha value is -0.420. The van der Waals surface area contributed by atoms with Gasteiger partial charge in [0.2, 0.25) is 0 Å². The molecule has 1 aliphatic heterocycles. The molecule has 2 N–H and O–H groups in total. The largest absolute Gasteiger partial charge is 0.397 e. The van der Waals surface area contributed by atoms with Crippen molar-refractivity contribution in [3.63, 3.8) is 0 Å². The summed E-state index contributed by atoms with van der Waals surface area (Å²) in [6, 6.07) is 3.56. The number of rotatable bonds is 1. The maximum Gasteiger partial charge on any atom is 0.139 e. The van der Waals surface area contributed by atoms with E-state index >= 15 is 0 Å². The molecule has 0 amide bonds. The van der Waals surface area contributed by atoms with Crippen molar-refractivity contribution in [3.8, 4) is 0 Å². The van der Waals surface area contributed by atoms with E-state index < -0.39 is 0 Å². The Labute approximate surface area is 108 Å². The summed E-state index contributed by atoms with van der Waals surface area (Å²) in [7, 11) is 0. The number of halogens is 2. The van der Waals surface area contributed by atoms with Crippen LogP contribution in [-0.4, -0.2) is 24.1 Å². The summed E-state index contributed by atoms with van der Waals surface area (Å²) in [5.41, 5.74) is 7.38. The predicted molar refractivity (Wildman–Crippen MR) is 72.6 cm³/mol. The Morgan fingerprint density at radius 3 is 3.00 bits per heavy atom. The molecule has 0 aliphatic carbocycles. The van der Waals surface area contributed by atoms with Crippen molar-refractivity contribution in [2.75, 3.05) is 28.7 Å². The minimum Gasteiger partial charge on any atom is -0.397 e. The molecule has 1 aromatic carbocycles. The topological polar surface area (TPSA) is 29.3 Å². The number of nitrogens with two attached hydrogens (primary N) is 1. The average molecular weight is 305 g/mol. The molecule has 1 saturated heterocycles. The second kappa shape index (κ2) is 4.84. The summed E-state index contributed by atoms with van der Waals surface area (Å²) < 4.78 is 13.9. The minimum atomic E-state index is -0.255. The van der Waals surface area contributed by atoms with Crippen molar-refractivity contribution in [1.82, 2.24) is 0 Å². The molecule has 0 aromatic heterocycles. The van der Waals surface area contributed by atoms with Gasteiger partial charge in [-0.15, -0.1) is 0 Å². The number of hydrogen-bond donors (Lipinski definition) is 1. The van der Waals surface area contributed by atoms with Crippen LogP contribution in [0.5, 0.6) is 0 Å². The Balaban J connectivity index is 2.35. The van der Waals surface area contributed by atoms with Crippen LogP contribution >= 0.6 is 27.7 Å². The fraction of sp³-hybridized carbons (Fsp3) is 0.455. The van der Waals surface area contributed by atoms with E-state index in [9.17, 15) is 4.39 Å². The van der Waals surface area contributed by atoms with Crippen LogP contribution < -0.4 is 10.6 Å². The lowest BCUT2D eigenvalue weighted by Gasteiger charge is -2.35. The summed E-state index contributed by atoms with van der Waals surface area (Å²) in [6.07, 6.45) is 0. The molecular weight excluding hydrogens is 291 g/mol. The molecule has 0 saturated carbocycles. The second-order valence-corrected chi connectivity index (χ2v) is 5.95. The van der Waals surface area contributed by atoms with Crippen molar-refractivity contribution in [2.45, 2.75) is 13.0 Å². The fourth-order valence-corrected chi connectivity index (χ4v) is 3.26. The molecule has 0 spiro atoms. The van der Waals surface area contributed by atoms with Gasteiger partial charge in [0.25, 0.3) is 0 Å². The minimum absolute atomic E-state index is 0.255. The van der Waals surface area contributed by atoms with Crippen molar-refractivity contribution < 1.29 is 4.39 Å². The second-order valence-electron chi connectivity index (χ2n) is 3.94. The SMILES string of the molecule is CC1CSCCN1c1cc(F)c(Br)cc1N. The van der Waals surface area contributed by atoms with Crippen molar-refractivity contribution in [3.05, 3.63) is 22.4 Å². The molecule has 1 aliphatic rings. The quantitative estimate of drug-likeness (QED) is 0.808. The standard InChI is InChI=1S/C11H14BrFN2S/c1-7-6-16-3-2-15(7)11-5-9(13)8(12)4-10(11)14/h4-5,7H,2-3,6,14H2,1H3. The zero-order valence-electron chi connectivity index (χ0n) is 9.04. The van der Waals surface area contributed by atoms with Gasteiger partial charge in [-0.2, -0.15) is 11.8 Å². The van der Waals surface area contributed by atoms with Gasteiger partial charge in [-0.1, -0.05) is 0 Å². The highest BCUT2D eigenvalue weighted by atomic mass is 79.9. The molecule has 2 nitrogen and oxygen atoms in total. The van der Waals surface area contributed by atoms with Gasteiger partial charge in [0.15, 0.2) is 0 Å². The Bertz CT molecular complexity index is 400. The lowest BCUT2D eigenvalue weighted by atomic mass is 10.2. The van der Waals surface area contributed by atoms with Gasteiger partial charge in [0, 0.05) is 30.2 Å². The lowest BCUT2D eigenvalue weighted by molar-refractivity contribution is 0.617. The van der Waals surface area contributed by atoms with E-state index in [0.29, 0.717) is 16.2 Å². The number of benzene rings is 1. The maximum atomic E-state index is 13.5. The monoisotopic (exact) mass is 304 g/mol. The first-order valence-electron chi connectivity index (χ1n) is 5.18. The third-order valence-electron chi connectivity index (χ3n) is 2.75. The van der Waals surface area contributed by atoms with Gasteiger partial charge in [-0.25, -0.2) is 4.39 Å². The molecule has 1 atom stereocenters. The zero-order chi connectivity index (χ0) is 11.7. The van der Waals surface area contributed by atoms with Crippen LogP contribution in [-0.2, 0) is 0 Å². The van der Waals surface area contributed by atoms with Crippen LogP contribution in [0.3, 0.4) is 0 Å². The number of anilines is 2. The first kappa shape index (κ1) is 12.0. The summed E-state index contributed by atoms with van der Waals surface area (Å²) in [4.78, 5) is 2.18. The fourth-order valence-electron chi connectivity index (χ4n) is 1.89. The van der Waals surface area contributed by atoms with Crippen molar-refractivity contribution in [1.29, 1.82) is 0 Å². The molecule has 16 heavy (non-hydrogen) atoms. The number of thioether (sulfide) groups is 1. The Kier molecular flexibility index (Phi) is 3.64. The van der Waals surface area contributed by atoms with E-state index in [-0.39, 0.29) is 5.82 Å². The third-order valence-corrected chi connectivity index (χ3v) is 4.54. The van der Waals surface area contributed by atoms with Crippen LogP contribution in [0.4, 0.5) is 15.8 Å². The van der Waals surface area contributed by atoms with Crippen molar-refractivity contribution >= 4 is 39.1 Å². The predicted octanol–water partition coefficient (Wildman–Crippen LogP) is 3.11. The van der Waals surface area contributed by atoms with Crippen LogP contribution in [0.25, 0.3) is 0 Å². The summed E-state index contributed by atoms with van der Waals surface area (Å²) in [5.74, 6) is 1.88. The van der Waals surface area contributed by atoms with Gasteiger partial charge in [-0.05, 0) is 28.9 Å². The molecule has 0 radical (unpaired) electrons. The molecule has 2 rings (SSSR count). The maximum absolute atomic E-state index is 13.5. The average Bonchev–Trinajstić information content (AvgIpc) is 2.25. The molecule has 1 heterocycles. The highest BCUT2D eigenvalue weighted by Gasteiger charge is 2.21. The first-order valence-corrected chi connectivity index (χ1v) is 7.13. The molecule has 0 bridgehead atoms. The van der Waals surface area contributed by atoms with Crippen LogP contribution in [0.2, 0.25) is 0 Å². The van der Waals surface area contributed by atoms with E-state index in [1.54, 1.807) is 6.07 Å². The summed E-state index contributed by atoms with van der Waals surface area (Å²) in [5, 5.41) is 0. The van der Waals surface area contributed by atoms with E-state index in [0.717, 1.165) is 23.7 Å². The highest BCUT2D eigenvalue weighted by molar-refractivity contribution is 9.10. The molecule has 1 aromatic rings. The molecule has 88 valence electrons. The summed E-state index contributed by atoms with van der Waals surface area (Å²) >= 11 is 5.07. The van der Waals surface area contributed by atoms with Crippen LogP contribution in [0.1, 0.15) is 6.92 Å². The number of hydrogen-bond acceptors (Lipinski definition) is 3. The van der Waals surface area contributed by atoms with E-state index in [1.165, 1.54) is 6.07 Å². The van der Waals surface area contributed by atoms with Gasteiger partial charge < -0.3 is 10.6 Å². The molecule has 5 heteroatoms. The van der Waals surface area contributed by atoms with Gasteiger partial charge >= 0.3 is 0 Å². The molecule has 1 unspecified atom stereocenters. The number of nitrogen functional groups attached to an aromatic ring is 1. The Morgan fingerprint density at radius 2 is 2.31 bits per heavy atom. The lowest BCUT2D eigenvalue weighted by Crippen LogP contribution is -2.40. The van der Waals surface area contributed by atoms with Gasteiger partial charge in [-0.3, -0.25) is 0 Å².